The van der Waals surface area contributed by atoms with Gasteiger partial charge < -0.3 is 19.7 Å². The van der Waals surface area contributed by atoms with Gasteiger partial charge in [0, 0.05) is 11.5 Å². The molecule has 0 radical (unpaired) electrons. The van der Waals surface area contributed by atoms with E-state index < -0.39 is 25.2 Å². The summed E-state index contributed by atoms with van der Waals surface area (Å²) in [6.07, 6.45) is 0. The fraction of sp³-hybridized carbons (Fsp3) is 0.143. The molecular formula is C14H12O6. The van der Waals surface area contributed by atoms with Crippen molar-refractivity contribution in [3.05, 3.63) is 36.4 Å². The Morgan fingerprint density at radius 1 is 0.950 bits per heavy atom. The van der Waals surface area contributed by atoms with Crippen molar-refractivity contribution >= 4 is 22.7 Å². The molecule has 0 unspecified atom stereocenters. The molecule has 0 atom stereocenters. The maximum atomic E-state index is 10.6. The van der Waals surface area contributed by atoms with Gasteiger partial charge in [0.2, 0.25) is 0 Å². The normalized spacial score (nSPS) is 10.2. The van der Waals surface area contributed by atoms with E-state index in [2.05, 4.69) is 0 Å². The van der Waals surface area contributed by atoms with Gasteiger partial charge in [-0.1, -0.05) is 24.3 Å². The summed E-state index contributed by atoms with van der Waals surface area (Å²) in [6, 6.07) is 10.3. The van der Waals surface area contributed by atoms with Gasteiger partial charge in [0.1, 0.15) is 11.5 Å². The summed E-state index contributed by atoms with van der Waals surface area (Å²) in [5, 5.41) is 18.8. The van der Waals surface area contributed by atoms with Crippen molar-refractivity contribution in [2.75, 3.05) is 13.2 Å². The molecular weight excluding hydrogens is 264 g/mol. The summed E-state index contributed by atoms with van der Waals surface area (Å²) in [6.45, 7) is -0.955. The van der Waals surface area contributed by atoms with Crippen molar-refractivity contribution in [3.63, 3.8) is 0 Å². The highest BCUT2D eigenvalue weighted by atomic mass is 16.5. The van der Waals surface area contributed by atoms with Crippen LogP contribution in [0.5, 0.6) is 11.5 Å². The molecule has 2 aromatic rings. The van der Waals surface area contributed by atoms with E-state index in [0.29, 0.717) is 11.5 Å². The first-order valence-electron chi connectivity index (χ1n) is 5.78. The Hall–Kier alpha value is -2.76. The molecule has 0 aliphatic heterocycles. The van der Waals surface area contributed by atoms with E-state index in [1.165, 1.54) is 6.07 Å². The molecule has 6 heteroatoms. The van der Waals surface area contributed by atoms with Crippen LogP contribution >= 0.6 is 0 Å². The number of hydrogen-bond acceptors (Lipinski definition) is 4. The fourth-order valence-corrected chi connectivity index (χ4v) is 1.74. The molecule has 0 fully saturated rings. The number of carboxylic acids is 2. The molecule has 104 valence electrons. The van der Waals surface area contributed by atoms with Gasteiger partial charge in [0.15, 0.2) is 13.2 Å². The van der Waals surface area contributed by atoms with Gasteiger partial charge >= 0.3 is 11.9 Å². The zero-order valence-corrected chi connectivity index (χ0v) is 10.4. The fourth-order valence-electron chi connectivity index (χ4n) is 1.74. The van der Waals surface area contributed by atoms with Gasteiger partial charge in [0.05, 0.1) is 0 Å². The second kappa shape index (κ2) is 5.92. The number of carboxylic acid groups (broad SMARTS) is 2. The van der Waals surface area contributed by atoms with Crippen LogP contribution < -0.4 is 9.47 Å². The molecule has 0 aromatic heterocycles. The van der Waals surface area contributed by atoms with Crippen LogP contribution in [0.3, 0.4) is 0 Å². The van der Waals surface area contributed by atoms with E-state index in [1.807, 2.05) is 6.07 Å². The molecule has 0 heterocycles. The summed E-state index contributed by atoms with van der Waals surface area (Å²) >= 11 is 0. The molecule has 2 aromatic carbocycles. The first-order chi connectivity index (χ1) is 9.56. The van der Waals surface area contributed by atoms with Gasteiger partial charge in [-0.2, -0.15) is 0 Å². The highest BCUT2D eigenvalue weighted by molar-refractivity contribution is 5.90. The summed E-state index contributed by atoms with van der Waals surface area (Å²) in [5.41, 5.74) is 0. The molecule has 0 aliphatic rings. The van der Waals surface area contributed by atoms with E-state index >= 15 is 0 Å². The first-order valence-corrected chi connectivity index (χ1v) is 5.78. The minimum Gasteiger partial charge on any atom is -0.482 e. The van der Waals surface area contributed by atoms with Crippen molar-refractivity contribution in [2.45, 2.75) is 0 Å². The zero-order valence-electron chi connectivity index (χ0n) is 10.4. The lowest BCUT2D eigenvalue weighted by molar-refractivity contribution is -0.140. The monoisotopic (exact) mass is 276 g/mol. The summed E-state index contributed by atoms with van der Waals surface area (Å²) in [4.78, 5) is 21.1. The quantitative estimate of drug-likeness (QED) is 0.835. The molecule has 6 nitrogen and oxygen atoms in total. The number of rotatable bonds is 6. The van der Waals surface area contributed by atoms with Crippen LogP contribution in [0.25, 0.3) is 10.8 Å². The number of benzene rings is 2. The van der Waals surface area contributed by atoms with E-state index in [1.54, 1.807) is 24.3 Å². The largest absolute Gasteiger partial charge is 0.482 e. The third-order valence-electron chi connectivity index (χ3n) is 2.51. The summed E-state index contributed by atoms with van der Waals surface area (Å²) in [7, 11) is 0. The molecule has 0 spiro atoms. The topological polar surface area (TPSA) is 93.1 Å². The molecule has 0 amide bonds. The van der Waals surface area contributed by atoms with Gasteiger partial charge in [-0.15, -0.1) is 0 Å². The van der Waals surface area contributed by atoms with Crippen LogP contribution in [0.1, 0.15) is 0 Å². The van der Waals surface area contributed by atoms with Gasteiger partial charge in [-0.25, -0.2) is 9.59 Å². The Bertz CT molecular complexity index is 649. The van der Waals surface area contributed by atoms with Crippen molar-refractivity contribution in [3.8, 4) is 11.5 Å². The lowest BCUT2D eigenvalue weighted by Gasteiger charge is -2.11. The smallest absolute Gasteiger partial charge is 0.341 e. The third-order valence-corrected chi connectivity index (χ3v) is 2.51. The standard InChI is InChI=1S/C14H12O6/c15-13(16)7-19-10-5-9-3-1-2-4-11(9)12(6-10)20-8-14(17)18/h1-6H,7-8H2,(H,15,16)(H,17,18). The van der Waals surface area contributed by atoms with E-state index in [-0.39, 0.29) is 0 Å². The van der Waals surface area contributed by atoms with Gasteiger partial charge in [-0.3, -0.25) is 0 Å². The van der Waals surface area contributed by atoms with Crippen LogP contribution in [-0.2, 0) is 9.59 Å². The predicted molar refractivity (Wildman–Crippen MR) is 70.2 cm³/mol. The molecule has 0 aliphatic carbocycles. The first kappa shape index (κ1) is 13.7. The number of fused-ring (bicyclic) bond motifs is 1. The molecule has 2 N–H and O–H groups in total. The van der Waals surface area contributed by atoms with Crippen molar-refractivity contribution in [1.29, 1.82) is 0 Å². The maximum Gasteiger partial charge on any atom is 0.341 e. The van der Waals surface area contributed by atoms with Crippen molar-refractivity contribution in [2.24, 2.45) is 0 Å². The lowest BCUT2D eigenvalue weighted by Crippen LogP contribution is -2.11. The highest BCUT2D eigenvalue weighted by Gasteiger charge is 2.09. The van der Waals surface area contributed by atoms with E-state index in [0.717, 1.165) is 10.8 Å². The van der Waals surface area contributed by atoms with Crippen molar-refractivity contribution in [1.82, 2.24) is 0 Å². The number of carbonyl (C=O) groups is 2. The molecule has 0 bridgehead atoms. The second-order valence-corrected chi connectivity index (χ2v) is 4.01. The molecule has 0 saturated carbocycles. The Morgan fingerprint density at radius 3 is 2.30 bits per heavy atom. The minimum atomic E-state index is -1.09. The van der Waals surface area contributed by atoms with E-state index in [4.69, 9.17) is 19.7 Å². The second-order valence-electron chi connectivity index (χ2n) is 4.01. The molecule has 2 rings (SSSR count). The Balaban J connectivity index is 2.35. The average molecular weight is 276 g/mol. The maximum absolute atomic E-state index is 10.6. The molecule has 20 heavy (non-hydrogen) atoms. The van der Waals surface area contributed by atoms with Crippen LogP contribution in [0.15, 0.2) is 36.4 Å². The van der Waals surface area contributed by atoms with Gasteiger partial charge in [-0.05, 0) is 11.5 Å². The minimum absolute atomic E-state index is 0.312. The molecule has 0 saturated heterocycles. The van der Waals surface area contributed by atoms with Gasteiger partial charge in [0.25, 0.3) is 0 Å². The Labute approximate surface area is 114 Å². The predicted octanol–water partition coefficient (Wildman–Crippen LogP) is 1.77. The number of hydrogen-bond donors (Lipinski definition) is 2. The van der Waals surface area contributed by atoms with Crippen molar-refractivity contribution < 1.29 is 29.3 Å². The van der Waals surface area contributed by atoms with Crippen LogP contribution in [0.2, 0.25) is 0 Å². The van der Waals surface area contributed by atoms with Crippen LogP contribution in [-0.4, -0.2) is 35.4 Å². The Kier molecular flexibility index (Phi) is 4.05. The van der Waals surface area contributed by atoms with E-state index in [9.17, 15) is 9.59 Å². The lowest BCUT2D eigenvalue weighted by atomic mass is 10.1. The SMILES string of the molecule is O=C(O)COc1cc(OCC(=O)O)c2ccccc2c1. The summed E-state index contributed by atoms with van der Waals surface area (Å²) in [5.74, 6) is -1.53. The zero-order chi connectivity index (χ0) is 14.5. The van der Waals surface area contributed by atoms with Crippen LogP contribution in [0.4, 0.5) is 0 Å². The third kappa shape index (κ3) is 3.38. The highest BCUT2D eigenvalue weighted by Crippen LogP contribution is 2.31. The average Bonchev–Trinajstić information content (AvgIpc) is 2.42. The number of aliphatic carboxylic acids is 2. The number of ether oxygens (including phenoxy) is 2. The summed E-state index contributed by atoms with van der Waals surface area (Å²) < 4.78 is 10.3. The van der Waals surface area contributed by atoms with Crippen LogP contribution in [0, 0.1) is 0 Å². The Morgan fingerprint density at radius 2 is 1.60 bits per heavy atom.